The standard InChI is InChI=1S/C17H30N2O5S/c1-2-3-6-9-14(20)11-13-19-17(24)25-16(23)18(19)12-8-5-4-7-10-15(21)22/h14,20H,2-13H2,1H3,(H,21,22). The van der Waals surface area contributed by atoms with E-state index in [9.17, 15) is 19.5 Å². The number of aliphatic hydroxyl groups is 1. The summed E-state index contributed by atoms with van der Waals surface area (Å²) in [6.45, 7) is 2.91. The molecule has 0 aliphatic heterocycles. The fourth-order valence-electron chi connectivity index (χ4n) is 2.74. The van der Waals surface area contributed by atoms with E-state index in [-0.39, 0.29) is 16.2 Å². The molecular weight excluding hydrogens is 344 g/mol. The molecule has 7 nitrogen and oxygen atoms in total. The molecule has 1 rings (SSSR count). The van der Waals surface area contributed by atoms with E-state index in [4.69, 9.17) is 5.11 Å². The van der Waals surface area contributed by atoms with Gasteiger partial charge in [0.25, 0.3) is 0 Å². The first-order valence-electron chi connectivity index (χ1n) is 9.16. The summed E-state index contributed by atoms with van der Waals surface area (Å²) in [5.74, 6) is -0.791. The van der Waals surface area contributed by atoms with E-state index in [0.29, 0.717) is 37.3 Å². The Hall–Kier alpha value is -1.41. The van der Waals surface area contributed by atoms with Gasteiger partial charge >= 0.3 is 15.7 Å². The molecule has 0 amide bonds. The molecule has 1 unspecified atom stereocenters. The highest BCUT2D eigenvalue weighted by Gasteiger charge is 2.12. The van der Waals surface area contributed by atoms with Crippen molar-refractivity contribution in [1.82, 2.24) is 9.36 Å². The first-order chi connectivity index (χ1) is 12.0. The molecule has 0 spiro atoms. The van der Waals surface area contributed by atoms with Gasteiger partial charge in [-0.15, -0.1) is 0 Å². The molecule has 0 saturated heterocycles. The Labute approximate surface area is 151 Å². The molecule has 25 heavy (non-hydrogen) atoms. The van der Waals surface area contributed by atoms with Crippen molar-refractivity contribution in [3.63, 3.8) is 0 Å². The average Bonchev–Trinajstić information content (AvgIpc) is 2.82. The van der Waals surface area contributed by atoms with Crippen molar-refractivity contribution in [3.05, 3.63) is 19.3 Å². The van der Waals surface area contributed by atoms with E-state index < -0.39 is 12.1 Å². The third kappa shape index (κ3) is 8.49. The maximum Gasteiger partial charge on any atom is 0.326 e. The first kappa shape index (κ1) is 21.6. The second kappa shape index (κ2) is 12.0. The molecule has 0 saturated carbocycles. The van der Waals surface area contributed by atoms with Gasteiger partial charge in [-0.2, -0.15) is 0 Å². The quantitative estimate of drug-likeness (QED) is 0.487. The molecule has 0 aliphatic carbocycles. The molecule has 1 atom stereocenters. The van der Waals surface area contributed by atoms with Crippen molar-refractivity contribution in [3.8, 4) is 0 Å². The maximum atomic E-state index is 12.0. The fourth-order valence-corrected chi connectivity index (χ4v) is 3.48. The number of hydrogen-bond acceptors (Lipinski definition) is 5. The number of carboxylic acids is 1. The van der Waals surface area contributed by atoms with Gasteiger partial charge in [0.1, 0.15) is 0 Å². The first-order valence-corrected chi connectivity index (χ1v) is 9.98. The topological polar surface area (TPSA) is 102 Å². The molecule has 0 fully saturated rings. The van der Waals surface area contributed by atoms with E-state index >= 15 is 0 Å². The van der Waals surface area contributed by atoms with Crippen LogP contribution >= 0.6 is 11.3 Å². The summed E-state index contributed by atoms with van der Waals surface area (Å²) >= 11 is 0.697. The molecule has 2 N–H and O–H groups in total. The number of aliphatic hydroxyl groups excluding tert-OH is 1. The van der Waals surface area contributed by atoms with Crippen LogP contribution in [0.2, 0.25) is 0 Å². The Morgan fingerprint density at radius 1 is 0.960 bits per heavy atom. The summed E-state index contributed by atoms with van der Waals surface area (Å²) in [7, 11) is 0. The normalized spacial score (nSPS) is 12.4. The minimum Gasteiger partial charge on any atom is -0.481 e. The van der Waals surface area contributed by atoms with Crippen LogP contribution < -0.4 is 9.75 Å². The fraction of sp³-hybridized carbons (Fsp3) is 0.824. The van der Waals surface area contributed by atoms with Crippen molar-refractivity contribution in [2.24, 2.45) is 0 Å². The molecule has 0 aliphatic rings. The van der Waals surface area contributed by atoms with Crippen LogP contribution in [0.15, 0.2) is 9.59 Å². The van der Waals surface area contributed by atoms with Crippen molar-refractivity contribution in [2.75, 3.05) is 0 Å². The zero-order valence-electron chi connectivity index (χ0n) is 15.0. The number of unbranched alkanes of at least 4 members (excludes halogenated alkanes) is 5. The van der Waals surface area contributed by atoms with Gasteiger partial charge in [0.15, 0.2) is 0 Å². The second-order valence-corrected chi connectivity index (χ2v) is 7.28. The smallest absolute Gasteiger partial charge is 0.326 e. The monoisotopic (exact) mass is 374 g/mol. The van der Waals surface area contributed by atoms with Crippen LogP contribution in [0.25, 0.3) is 0 Å². The Morgan fingerprint density at radius 2 is 1.60 bits per heavy atom. The molecular formula is C17H30N2O5S. The molecule has 8 heteroatoms. The van der Waals surface area contributed by atoms with Gasteiger partial charge in [0, 0.05) is 19.5 Å². The number of aliphatic carboxylic acids is 1. The highest BCUT2D eigenvalue weighted by atomic mass is 32.1. The molecule has 1 heterocycles. The highest BCUT2D eigenvalue weighted by Crippen LogP contribution is 2.08. The largest absolute Gasteiger partial charge is 0.481 e. The van der Waals surface area contributed by atoms with Crippen LogP contribution in [0.5, 0.6) is 0 Å². The zero-order valence-corrected chi connectivity index (χ0v) is 15.8. The van der Waals surface area contributed by atoms with E-state index in [0.717, 1.165) is 44.9 Å². The number of carbonyl (C=O) groups is 1. The van der Waals surface area contributed by atoms with Crippen LogP contribution in [-0.2, 0) is 17.9 Å². The number of rotatable bonds is 14. The van der Waals surface area contributed by atoms with E-state index in [2.05, 4.69) is 6.92 Å². The van der Waals surface area contributed by atoms with E-state index in [1.54, 1.807) is 0 Å². The lowest BCUT2D eigenvalue weighted by molar-refractivity contribution is -0.137. The van der Waals surface area contributed by atoms with Gasteiger partial charge in [-0.25, -0.2) is 9.36 Å². The lowest BCUT2D eigenvalue weighted by Gasteiger charge is -2.13. The lowest BCUT2D eigenvalue weighted by atomic mass is 10.1. The summed E-state index contributed by atoms with van der Waals surface area (Å²) in [6.07, 6.45) is 7.05. The second-order valence-electron chi connectivity index (χ2n) is 6.38. The number of hydrogen-bond donors (Lipinski definition) is 2. The van der Waals surface area contributed by atoms with Gasteiger partial charge in [-0.3, -0.25) is 14.4 Å². The van der Waals surface area contributed by atoms with Gasteiger partial charge in [-0.05, 0) is 37.0 Å². The van der Waals surface area contributed by atoms with Crippen molar-refractivity contribution in [1.29, 1.82) is 0 Å². The molecule has 1 aromatic rings. The van der Waals surface area contributed by atoms with Crippen LogP contribution in [0.4, 0.5) is 0 Å². The third-order valence-corrected chi connectivity index (χ3v) is 4.98. The molecule has 0 radical (unpaired) electrons. The average molecular weight is 375 g/mol. The minimum absolute atomic E-state index is 0.166. The van der Waals surface area contributed by atoms with Gasteiger partial charge < -0.3 is 10.2 Å². The molecule has 144 valence electrons. The Balaban J connectivity index is 2.45. The van der Waals surface area contributed by atoms with Crippen LogP contribution in [0.3, 0.4) is 0 Å². The number of carboxylic acid groups (broad SMARTS) is 1. The summed E-state index contributed by atoms with van der Waals surface area (Å²) in [5, 5.41) is 18.6. The van der Waals surface area contributed by atoms with E-state index in [1.807, 2.05) is 0 Å². The minimum atomic E-state index is -0.791. The Morgan fingerprint density at radius 3 is 2.24 bits per heavy atom. The molecule has 1 aromatic heterocycles. The predicted octanol–water partition coefficient (Wildman–Crippen LogP) is 2.44. The Bertz CT molecular complexity index is 619. The predicted molar refractivity (Wildman–Crippen MR) is 98.3 cm³/mol. The summed E-state index contributed by atoms with van der Waals surface area (Å²) in [6, 6.07) is 0. The van der Waals surface area contributed by atoms with Crippen LogP contribution in [-0.4, -0.2) is 31.6 Å². The van der Waals surface area contributed by atoms with Crippen molar-refractivity contribution < 1.29 is 15.0 Å². The van der Waals surface area contributed by atoms with Crippen molar-refractivity contribution in [2.45, 2.75) is 90.3 Å². The van der Waals surface area contributed by atoms with E-state index in [1.165, 1.54) is 9.36 Å². The lowest BCUT2D eigenvalue weighted by Crippen LogP contribution is -2.28. The molecule has 0 bridgehead atoms. The number of aromatic nitrogens is 2. The molecule has 0 aromatic carbocycles. The maximum absolute atomic E-state index is 12.0. The summed E-state index contributed by atoms with van der Waals surface area (Å²) < 4.78 is 2.90. The summed E-state index contributed by atoms with van der Waals surface area (Å²) in [4.78, 5) is 33.8. The van der Waals surface area contributed by atoms with Crippen LogP contribution in [0.1, 0.15) is 71.1 Å². The van der Waals surface area contributed by atoms with Gasteiger partial charge in [0.2, 0.25) is 0 Å². The zero-order chi connectivity index (χ0) is 18.7. The summed E-state index contributed by atoms with van der Waals surface area (Å²) in [5.41, 5.74) is 0. The van der Waals surface area contributed by atoms with Gasteiger partial charge in [0.05, 0.1) is 6.10 Å². The number of nitrogens with zero attached hydrogens (tertiary/aromatic N) is 2. The van der Waals surface area contributed by atoms with Crippen LogP contribution in [0, 0.1) is 0 Å². The third-order valence-electron chi connectivity index (χ3n) is 4.21. The Kier molecular flexibility index (Phi) is 10.4. The SMILES string of the molecule is CCCCCC(O)CCn1c(=O)sc(=O)n1CCCCCCC(=O)O. The highest BCUT2D eigenvalue weighted by molar-refractivity contribution is 7.06. The van der Waals surface area contributed by atoms with Crippen molar-refractivity contribution >= 4 is 17.3 Å². The van der Waals surface area contributed by atoms with Gasteiger partial charge in [-0.1, -0.05) is 39.0 Å².